The van der Waals surface area contributed by atoms with Gasteiger partial charge in [0.1, 0.15) is 5.54 Å². The number of carboxylic acids is 1. The van der Waals surface area contributed by atoms with E-state index in [9.17, 15) is 14.7 Å². The van der Waals surface area contributed by atoms with E-state index >= 15 is 0 Å². The van der Waals surface area contributed by atoms with Gasteiger partial charge in [-0.05, 0) is 43.7 Å². The minimum atomic E-state index is -0.968. The van der Waals surface area contributed by atoms with Crippen LogP contribution in [0.3, 0.4) is 0 Å². The second kappa shape index (κ2) is 5.68. The lowest BCUT2D eigenvalue weighted by Gasteiger charge is -2.38. The maximum atomic E-state index is 12.8. The van der Waals surface area contributed by atoms with Crippen molar-refractivity contribution in [2.75, 3.05) is 6.54 Å². The molecule has 130 valence electrons. The normalized spacial score (nSPS) is 24.2. The van der Waals surface area contributed by atoms with Crippen LogP contribution >= 0.6 is 0 Å². The third-order valence-electron chi connectivity index (χ3n) is 5.29. The topological polar surface area (TPSA) is 96.5 Å². The van der Waals surface area contributed by atoms with Crippen molar-refractivity contribution in [2.45, 2.75) is 38.1 Å². The number of nitrogens with zero attached hydrogens (tertiary/aromatic N) is 3. The first-order chi connectivity index (χ1) is 12.0. The lowest BCUT2D eigenvalue weighted by Crippen LogP contribution is -2.46. The summed E-state index contributed by atoms with van der Waals surface area (Å²) in [7, 11) is 0. The smallest absolute Gasteiger partial charge is 0.335 e. The molecule has 1 N–H and O–H groups in total. The summed E-state index contributed by atoms with van der Waals surface area (Å²) in [6, 6.07) is 6.81. The van der Waals surface area contributed by atoms with Crippen LogP contribution in [-0.2, 0) is 16.8 Å². The second-order valence-electron chi connectivity index (χ2n) is 6.92. The number of aromatic carboxylic acids is 1. The Morgan fingerprint density at radius 2 is 2.12 bits per heavy atom. The highest BCUT2D eigenvalue weighted by atomic mass is 16.5. The predicted octanol–water partition coefficient (Wildman–Crippen LogP) is 2.16. The Bertz CT molecular complexity index is 838. The zero-order chi connectivity index (χ0) is 17.6. The third-order valence-corrected chi connectivity index (χ3v) is 5.29. The maximum Gasteiger partial charge on any atom is 0.335 e. The highest BCUT2D eigenvalue weighted by Crippen LogP contribution is 2.56. The van der Waals surface area contributed by atoms with Gasteiger partial charge in [-0.1, -0.05) is 23.4 Å². The molecular formula is C18H19N3O4. The molecule has 1 aliphatic carbocycles. The van der Waals surface area contributed by atoms with E-state index in [4.69, 9.17) is 4.52 Å². The highest BCUT2D eigenvalue weighted by molar-refractivity contribution is 5.89. The van der Waals surface area contributed by atoms with E-state index in [1.807, 2.05) is 4.90 Å². The molecule has 25 heavy (non-hydrogen) atoms. The predicted molar refractivity (Wildman–Crippen MR) is 86.9 cm³/mol. The fourth-order valence-corrected chi connectivity index (χ4v) is 4.12. The van der Waals surface area contributed by atoms with Crippen molar-refractivity contribution >= 4 is 11.9 Å². The molecule has 3 fully saturated rings. The molecule has 0 spiro atoms. The molecule has 3 aliphatic rings. The van der Waals surface area contributed by atoms with E-state index in [0.29, 0.717) is 36.2 Å². The van der Waals surface area contributed by atoms with Gasteiger partial charge in [0.2, 0.25) is 5.91 Å². The van der Waals surface area contributed by atoms with E-state index in [1.54, 1.807) is 31.2 Å². The van der Waals surface area contributed by atoms with Crippen molar-refractivity contribution in [3.8, 4) is 0 Å². The summed E-state index contributed by atoms with van der Waals surface area (Å²) >= 11 is 0. The van der Waals surface area contributed by atoms with Crippen LogP contribution in [0.4, 0.5) is 0 Å². The van der Waals surface area contributed by atoms with E-state index in [0.717, 1.165) is 12.8 Å². The summed E-state index contributed by atoms with van der Waals surface area (Å²) in [5.74, 6) is 0.628. The zero-order valence-corrected chi connectivity index (χ0v) is 13.9. The van der Waals surface area contributed by atoms with Gasteiger partial charge in [0, 0.05) is 13.0 Å². The number of hydrogen-bond acceptors (Lipinski definition) is 5. The largest absolute Gasteiger partial charge is 0.478 e. The van der Waals surface area contributed by atoms with Crippen molar-refractivity contribution in [1.29, 1.82) is 0 Å². The molecule has 1 aromatic carbocycles. The maximum absolute atomic E-state index is 12.8. The van der Waals surface area contributed by atoms with E-state index < -0.39 is 11.5 Å². The number of rotatable bonds is 5. The average Bonchev–Trinajstić information content (AvgIpc) is 3.24. The molecular weight excluding hydrogens is 322 g/mol. The Morgan fingerprint density at radius 1 is 1.36 bits per heavy atom. The van der Waals surface area contributed by atoms with Crippen LogP contribution in [0, 0.1) is 12.8 Å². The van der Waals surface area contributed by atoms with Crippen LogP contribution in [0.5, 0.6) is 0 Å². The first-order valence-electron chi connectivity index (χ1n) is 8.42. The first-order valence-corrected chi connectivity index (χ1v) is 8.42. The minimum Gasteiger partial charge on any atom is -0.478 e. The van der Waals surface area contributed by atoms with E-state index in [1.165, 1.54) is 0 Å². The van der Waals surface area contributed by atoms with E-state index in [-0.39, 0.29) is 17.9 Å². The zero-order valence-electron chi connectivity index (χ0n) is 13.9. The molecule has 1 saturated carbocycles. The number of fused-ring (bicyclic) bond motifs is 1. The van der Waals surface area contributed by atoms with Crippen molar-refractivity contribution in [3.63, 3.8) is 0 Å². The van der Waals surface area contributed by atoms with Gasteiger partial charge >= 0.3 is 5.97 Å². The molecule has 2 bridgehead atoms. The van der Waals surface area contributed by atoms with Gasteiger partial charge in [0.15, 0.2) is 5.82 Å². The molecule has 2 saturated heterocycles. The number of carbonyl (C=O) groups excluding carboxylic acids is 1. The number of aromatic nitrogens is 2. The standard InChI is InChI=1S/C18H19N3O4/c1-11-19-17(25-20-11)18-8-12(9-18)10-21(18)15(22)7-6-13-4-2-3-5-14(13)16(23)24/h2-5,12H,6-10H2,1H3,(H,23,24). The Labute approximate surface area is 144 Å². The quantitative estimate of drug-likeness (QED) is 0.895. The second-order valence-corrected chi connectivity index (χ2v) is 6.92. The molecule has 2 aromatic rings. The summed E-state index contributed by atoms with van der Waals surface area (Å²) in [4.78, 5) is 30.3. The van der Waals surface area contributed by atoms with Gasteiger partial charge in [-0.2, -0.15) is 4.98 Å². The molecule has 5 rings (SSSR count). The Morgan fingerprint density at radius 3 is 2.80 bits per heavy atom. The molecule has 2 aliphatic heterocycles. The van der Waals surface area contributed by atoms with Crippen molar-refractivity contribution in [1.82, 2.24) is 15.0 Å². The number of aryl methyl sites for hydroxylation is 2. The lowest BCUT2D eigenvalue weighted by molar-refractivity contribution is -0.136. The summed E-state index contributed by atoms with van der Waals surface area (Å²) in [6.45, 7) is 2.48. The minimum absolute atomic E-state index is 0.0102. The van der Waals surface area contributed by atoms with Crippen LogP contribution in [0.15, 0.2) is 28.8 Å². The Kier molecular flexibility index (Phi) is 3.59. The highest BCUT2D eigenvalue weighted by Gasteiger charge is 2.61. The van der Waals surface area contributed by atoms with Crippen LogP contribution in [0.1, 0.15) is 46.9 Å². The Balaban J connectivity index is 1.50. The summed E-state index contributed by atoms with van der Waals surface area (Å²) in [5.41, 5.74) is 0.482. The van der Waals surface area contributed by atoms with Crippen LogP contribution < -0.4 is 0 Å². The summed E-state index contributed by atoms with van der Waals surface area (Å²) in [5, 5.41) is 13.1. The van der Waals surface area contributed by atoms with Gasteiger partial charge in [0.25, 0.3) is 5.89 Å². The molecule has 7 heteroatoms. The SMILES string of the molecule is Cc1noc(C23CC(CN2C(=O)CCc2ccccc2C(=O)O)C3)n1. The molecule has 0 radical (unpaired) electrons. The van der Waals surface area contributed by atoms with Crippen molar-refractivity contribution in [2.24, 2.45) is 5.92 Å². The fraction of sp³-hybridized carbons (Fsp3) is 0.444. The van der Waals surface area contributed by atoms with Crippen LogP contribution in [0.25, 0.3) is 0 Å². The van der Waals surface area contributed by atoms with Gasteiger partial charge in [-0.25, -0.2) is 4.79 Å². The fourth-order valence-electron chi connectivity index (χ4n) is 4.12. The average molecular weight is 341 g/mol. The Hall–Kier alpha value is -2.70. The van der Waals surface area contributed by atoms with Gasteiger partial charge in [-0.3, -0.25) is 4.79 Å². The molecule has 1 aromatic heterocycles. The molecule has 7 nitrogen and oxygen atoms in total. The first kappa shape index (κ1) is 15.8. The van der Waals surface area contributed by atoms with Crippen LogP contribution in [-0.4, -0.2) is 38.6 Å². The lowest BCUT2D eigenvalue weighted by atomic mass is 9.73. The van der Waals surface area contributed by atoms with E-state index in [2.05, 4.69) is 10.1 Å². The van der Waals surface area contributed by atoms with Gasteiger partial charge in [-0.15, -0.1) is 0 Å². The number of carboxylic acid groups (broad SMARTS) is 1. The summed E-state index contributed by atoms with van der Waals surface area (Å²) in [6.07, 6.45) is 2.41. The monoisotopic (exact) mass is 341 g/mol. The third kappa shape index (κ3) is 2.50. The molecule has 0 unspecified atom stereocenters. The van der Waals surface area contributed by atoms with Crippen molar-refractivity contribution < 1.29 is 19.2 Å². The molecule has 1 amide bonds. The number of amides is 1. The number of benzene rings is 1. The number of carbonyl (C=O) groups is 2. The summed E-state index contributed by atoms with van der Waals surface area (Å²) < 4.78 is 5.35. The van der Waals surface area contributed by atoms with Crippen molar-refractivity contribution in [3.05, 3.63) is 47.1 Å². The van der Waals surface area contributed by atoms with Crippen LogP contribution in [0.2, 0.25) is 0 Å². The number of hydrogen-bond donors (Lipinski definition) is 1. The molecule has 3 heterocycles. The molecule has 0 atom stereocenters. The van der Waals surface area contributed by atoms with Gasteiger partial charge in [0.05, 0.1) is 5.56 Å². The van der Waals surface area contributed by atoms with Gasteiger partial charge < -0.3 is 14.5 Å².